The van der Waals surface area contributed by atoms with Gasteiger partial charge in [-0.05, 0) is 24.1 Å². The van der Waals surface area contributed by atoms with Gasteiger partial charge in [0.25, 0.3) is 5.88 Å². The molecule has 0 saturated carbocycles. The van der Waals surface area contributed by atoms with E-state index in [-0.39, 0.29) is 12.7 Å². The van der Waals surface area contributed by atoms with E-state index in [1.165, 1.54) is 5.56 Å². The van der Waals surface area contributed by atoms with Gasteiger partial charge in [0.15, 0.2) is 11.9 Å². The van der Waals surface area contributed by atoms with Gasteiger partial charge >= 0.3 is 0 Å². The van der Waals surface area contributed by atoms with Gasteiger partial charge in [0, 0.05) is 31.4 Å². The lowest BCUT2D eigenvalue weighted by Crippen LogP contribution is -2.34. The van der Waals surface area contributed by atoms with E-state index in [4.69, 9.17) is 14.2 Å². The SMILES string of the molecule is CN=C(/C=C1/c2ccccc2CCN1C=O)OCC1COc2ncccc2O1. The van der Waals surface area contributed by atoms with Crippen molar-refractivity contribution in [1.29, 1.82) is 0 Å². The van der Waals surface area contributed by atoms with Crippen molar-refractivity contribution in [1.82, 2.24) is 9.88 Å². The maximum absolute atomic E-state index is 11.5. The number of ether oxygens (including phenoxy) is 3. The van der Waals surface area contributed by atoms with Gasteiger partial charge in [-0.15, -0.1) is 0 Å². The summed E-state index contributed by atoms with van der Waals surface area (Å²) in [6.07, 6.45) is 4.86. The number of fused-ring (bicyclic) bond motifs is 2. The van der Waals surface area contributed by atoms with E-state index >= 15 is 0 Å². The average molecular weight is 379 g/mol. The van der Waals surface area contributed by atoms with Crippen LogP contribution in [0.3, 0.4) is 0 Å². The second-order valence-electron chi connectivity index (χ2n) is 6.47. The largest absolute Gasteiger partial charge is 0.478 e. The molecule has 0 spiro atoms. The highest BCUT2D eigenvalue weighted by Gasteiger charge is 2.24. The van der Waals surface area contributed by atoms with Crippen LogP contribution in [-0.2, 0) is 16.0 Å². The Morgan fingerprint density at radius 1 is 1.36 bits per heavy atom. The summed E-state index contributed by atoms with van der Waals surface area (Å²) in [7, 11) is 1.66. The predicted octanol–water partition coefficient (Wildman–Crippen LogP) is 2.32. The van der Waals surface area contributed by atoms with Gasteiger partial charge in [-0.25, -0.2) is 4.98 Å². The molecular weight excluding hydrogens is 358 g/mol. The minimum Gasteiger partial charge on any atom is -0.478 e. The number of aliphatic imine (C=N–C) groups is 1. The fourth-order valence-corrected chi connectivity index (χ4v) is 3.28. The Labute approximate surface area is 163 Å². The Hall–Kier alpha value is -3.35. The predicted molar refractivity (Wildman–Crippen MR) is 104 cm³/mol. The topological polar surface area (TPSA) is 73.3 Å². The Morgan fingerprint density at radius 2 is 2.25 bits per heavy atom. The lowest BCUT2D eigenvalue weighted by atomic mass is 9.96. The zero-order valence-electron chi connectivity index (χ0n) is 15.6. The molecule has 0 fully saturated rings. The first-order valence-electron chi connectivity index (χ1n) is 9.14. The van der Waals surface area contributed by atoms with Crippen LogP contribution < -0.4 is 9.47 Å². The highest BCUT2D eigenvalue weighted by Crippen LogP contribution is 2.29. The Balaban J connectivity index is 1.48. The second-order valence-corrected chi connectivity index (χ2v) is 6.47. The summed E-state index contributed by atoms with van der Waals surface area (Å²) in [6.45, 7) is 1.25. The Bertz CT molecular complexity index is 925. The minimum atomic E-state index is -0.271. The number of amides is 1. The molecule has 0 N–H and O–H groups in total. The third kappa shape index (κ3) is 3.69. The highest BCUT2D eigenvalue weighted by atomic mass is 16.6. The smallest absolute Gasteiger partial charge is 0.257 e. The van der Waals surface area contributed by atoms with E-state index in [9.17, 15) is 4.79 Å². The summed E-state index contributed by atoms with van der Waals surface area (Å²) in [5, 5.41) is 0. The van der Waals surface area contributed by atoms with Gasteiger partial charge in [0.1, 0.15) is 13.2 Å². The molecule has 2 aliphatic rings. The van der Waals surface area contributed by atoms with Gasteiger partial charge in [0.2, 0.25) is 12.3 Å². The Kier molecular flexibility index (Phi) is 5.23. The first-order valence-corrected chi connectivity index (χ1v) is 9.14. The number of rotatable bonds is 4. The van der Waals surface area contributed by atoms with Crippen LogP contribution in [0.2, 0.25) is 0 Å². The standard InChI is InChI=1S/C21H21N3O4/c1-22-20(26-12-16-13-27-21-19(28-16)7-4-9-23-21)11-18-17-6-3-2-5-15(17)8-10-24(18)14-25/h2-7,9,11,14,16H,8,10,12-13H2,1H3/b18-11-,22-20?. The summed E-state index contributed by atoms with van der Waals surface area (Å²) < 4.78 is 17.3. The number of pyridine rings is 1. The van der Waals surface area contributed by atoms with Crippen molar-refractivity contribution < 1.29 is 19.0 Å². The van der Waals surface area contributed by atoms with Crippen LogP contribution in [-0.4, -0.2) is 55.1 Å². The summed E-state index contributed by atoms with van der Waals surface area (Å²) in [5.41, 5.74) is 3.01. The van der Waals surface area contributed by atoms with Crippen molar-refractivity contribution in [2.75, 3.05) is 26.8 Å². The monoisotopic (exact) mass is 379 g/mol. The molecule has 144 valence electrons. The van der Waals surface area contributed by atoms with Crippen LogP contribution in [0.1, 0.15) is 11.1 Å². The molecule has 28 heavy (non-hydrogen) atoms. The molecule has 0 aliphatic carbocycles. The molecule has 1 unspecified atom stereocenters. The van der Waals surface area contributed by atoms with Gasteiger partial charge in [-0.1, -0.05) is 24.3 Å². The number of aromatic nitrogens is 1. The van der Waals surface area contributed by atoms with E-state index in [1.54, 1.807) is 30.3 Å². The number of carbonyl (C=O) groups is 1. The zero-order chi connectivity index (χ0) is 19.3. The number of carbonyl (C=O) groups excluding carboxylic acids is 1. The first-order chi connectivity index (χ1) is 13.8. The molecule has 0 radical (unpaired) electrons. The van der Waals surface area contributed by atoms with Gasteiger partial charge in [0.05, 0.1) is 5.70 Å². The summed E-state index contributed by atoms with van der Waals surface area (Å²) in [4.78, 5) is 21.6. The van der Waals surface area contributed by atoms with E-state index in [2.05, 4.69) is 16.0 Å². The average Bonchev–Trinajstić information content (AvgIpc) is 2.76. The lowest BCUT2D eigenvalue weighted by molar-refractivity contribution is -0.115. The quantitative estimate of drug-likeness (QED) is 0.463. The molecule has 2 aliphatic heterocycles. The van der Waals surface area contributed by atoms with Crippen LogP contribution >= 0.6 is 0 Å². The molecule has 7 heteroatoms. The van der Waals surface area contributed by atoms with Crippen molar-refractivity contribution in [2.24, 2.45) is 4.99 Å². The second kappa shape index (κ2) is 8.12. The molecule has 0 bridgehead atoms. The van der Waals surface area contributed by atoms with Gasteiger partial charge in [-0.3, -0.25) is 9.79 Å². The molecule has 7 nitrogen and oxygen atoms in total. The van der Waals surface area contributed by atoms with E-state index in [1.807, 2.05) is 24.3 Å². The summed E-state index contributed by atoms with van der Waals surface area (Å²) in [6, 6.07) is 11.7. The van der Waals surface area contributed by atoms with E-state index < -0.39 is 0 Å². The minimum absolute atomic E-state index is 0.271. The molecule has 1 atom stereocenters. The molecule has 3 heterocycles. The van der Waals surface area contributed by atoms with Crippen molar-refractivity contribution in [3.8, 4) is 11.6 Å². The third-order valence-electron chi connectivity index (χ3n) is 4.69. The number of hydrogen-bond donors (Lipinski definition) is 0. The fourth-order valence-electron chi connectivity index (χ4n) is 3.28. The molecule has 1 aromatic heterocycles. The van der Waals surface area contributed by atoms with Crippen molar-refractivity contribution >= 4 is 18.0 Å². The fraction of sp³-hybridized carbons (Fsp3) is 0.286. The molecule has 0 saturated heterocycles. The molecule has 4 rings (SSSR count). The maximum Gasteiger partial charge on any atom is 0.257 e. The number of nitrogens with zero attached hydrogens (tertiary/aromatic N) is 3. The lowest BCUT2D eigenvalue weighted by Gasteiger charge is -2.29. The third-order valence-corrected chi connectivity index (χ3v) is 4.69. The molecule has 1 aromatic carbocycles. The summed E-state index contributed by atoms with van der Waals surface area (Å²) >= 11 is 0. The molecule has 1 amide bonds. The summed E-state index contributed by atoms with van der Waals surface area (Å²) in [5.74, 6) is 1.52. The zero-order valence-corrected chi connectivity index (χ0v) is 15.6. The Morgan fingerprint density at radius 3 is 3.11 bits per heavy atom. The highest BCUT2D eigenvalue weighted by molar-refractivity contribution is 5.97. The first kappa shape index (κ1) is 18.0. The van der Waals surface area contributed by atoms with Crippen LogP contribution in [0.4, 0.5) is 0 Å². The molecule has 2 aromatic rings. The van der Waals surface area contributed by atoms with Crippen molar-refractivity contribution in [3.63, 3.8) is 0 Å². The van der Waals surface area contributed by atoms with Crippen molar-refractivity contribution in [3.05, 3.63) is 59.8 Å². The number of benzene rings is 1. The van der Waals surface area contributed by atoms with Gasteiger partial charge < -0.3 is 19.1 Å². The molecular formula is C21H21N3O4. The van der Waals surface area contributed by atoms with Crippen LogP contribution in [0.5, 0.6) is 11.6 Å². The number of hydrogen-bond acceptors (Lipinski definition) is 6. The van der Waals surface area contributed by atoms with E-state index in [0.717, 1.165) is 24.1 Å². The van der Waals surface area contributed by atoms with Crippen LogP contribution in [0, 0.1) is 0 Å². The van der Waals surface area contributed by atoms with Crippen LogP contribution in [0.15, 0.2) is 53.7 Å². The van der Waals surface area contributed by atoms with E-state index in [0.29, 0.717) is 30.7 Å². The van der Waals surface area contributed by atoms with Gasteiger partial charge in [-0.2, -0.15) is 0 Å². The van der Waals surface area contributed by atoms with Crippen molar-refractivity contribution in [2.45, 2.75) is 12.5 Å². The van der Waals surface area contributed by atoms with Crippen LogP contribution in [0.25, 0.3) is 5.70 Å². The normalized spacial score (nSPS) is 19.9. The maximum atomic E-state index is 11.5.